The molecule has 3 fully saturated rings. The average molecular weight is 385 g/mol. The summed E-state index contributed by atoms with van der Waals surface area (Å²) in [7, 11) is 1.62. The van der Waals surface area contributed by atoms with Gasteiger partial charge in [0, 0.05) is 32.0 Å². The Balaban J connectivity index is 1.39. The Morgan fingerprint density at radius 3 is 2.71 bits per heavy atom. The number of carbonyl (C=O) groups excluding carboxylic acids is 3. The van der Waals surface area contributed by atoms with E-state index in [4.69, 9.17) is 4.74 Å². The molecule has 1 spiro atoms. The van der Waals surface area contributed by atoms with Crippen LogP contribution in [0.15, 0.2) is 24.3 Å². The van der Waals surface area contributed by atoms with E-state index in [1.807, 2.05) is 24.3 Å². The predicted molar refractivity (Wildman–Crippen MR) is 103 cm³/mol. The third-order valence-electron chi connectivity index (χ3n) is 6.20. The number of imide groups is 1. The predicted octanol–water partition coefficient (Wildman–Crippen LogP) is 2.30. The molecule has 1 saturated carbocycles. The van der Waals surface area contributed by atoms with Gasteiger partial charge < -0.3 is 15.0 Å². The van der Waals surface area contributed by atoms with Gasteiger partial charge in [0.15, 0.2) is 0 Å². The number of amides is 4. The molecule has 3 aliphatic rings. The average Bonchev–Trinajstić information content (AvgIpc) is 3.15. The summed E-state index contributed by atoms with van der Waals surface area (Å²) in [6.45, 7) is 1.38. The van der Waals surface area contributed by atoms with Gasteiger partial charge in [0.2, 0.25) is 5.91 Å². The van der Waals surface area contributed by atoms with Crippen molar-refractivity contribution in [2.75, 3.05) is 20.2 Å². The summed E-state index contributed by atoms with van der Waals surface area (Å²) in [5.74, 6) is 0.701. The van der Waals surface area contributed by atoms with Crippen LogP contribution < -0.4 is 10.1 Å². The maximum Gasteiger partial charge on any atom is 0.325 e. The van der Waals surface area contributed by atoms with Gasteiger partial charge >= 0.3 is 6.03 Å². The molecule has 2 heterocycles. The first-order valence-electron chi connectivity index (χ1n) is 10.1. The first-order valence-corrected chi connectivity index (χ1v) is 10.1. The topological polar surface area (TPSA) is 79.0 Å². The van der Waals surface area contributed by atoms with Gasteiger partial charge in [-0.1, -0.05) is 31.4 Å². The lowest BCUT2D eigenvalue weighted by Gasteiger charge is -2.30. The van der Waals surface area contributed by atoms with E-state index in [9.17, 15) is 14.4 Å². The number of methoxy groups -OCH3 is 1. The molecular weight excluding hydrogens is 358 g/mol. The fourth-order valence-electron chi connectivity index (χ4n) is 4.71. The summed E-state index contributed by atoms with van der Waals surface area (Å²) in [5, 5.41) is 2.94. The van der Waals surface area contributed by atoms with Crippen LogP contribution in [-0.4, -0.2) is 53.4 Å². The Bertz CT molecular complexity index is 788. The molecule has 1 aliphatic carbocycles. The van der Waals surface area contributed by atoms with Gasteiger partial charge in [-0.2, -0.15) is 0 Å². The second kappa shape index (κ2) is 7.45. The van der Waals surface area contributed by atoms with Crippen LogP contribution in [0, 0.1) is 5.92 Å². The molecule has 4 amide bonds. The van der Waals surface area contributed by atoms with Crippen LogP contribution in [-0.2, 0) is 16.1 Å². The zero-order valence-electron chi connectivity index (χ0n) is 16.3. The molecule has 0 aromatic heterocycles. The van der Waals surface area contributed by atoms with E-state index < -0.39 is 5.54 Å². The van der Waals surface area contributed by atoms with Crippen molar-refractivity contribution in [2.45, 2.75) is 50.6 Å². The monoisotopic (exact) mass is 385 g/mol. The van der Waals surface area contributed by atoms with Crippen LogP contribution in [0.3, 0.4) is 0 Å². The summed E-state index contributed by atoms with van der Waals surface area (Å²) in [5.41, 5.74) is 0.308. The zero-order chi connectivity index (χ0) is 19.7. The highest BCUT2D eigenvalue weighted by Crippen LogP contribution is 2.34. The van der Waals surface area contributed by atoms with Gasteiger partial charge in [0.1, 0.15) is 11.3 Å². The molecule has 1 aromatic carbocycles. The van der Waals surface area contributed by atoms with Crippen molar-refractivity contribution in [2.24, 2.45) is 5.92 Å². The van der Waals surface area contributed by atoms with Crippen LogP contribution >= 0.6 is 0 Å². The third kappa shape index (κ3) is 3.45. The molecule has 1 unspecified atom stereocenters. The van der Waals surface area contributed by atoms with Crippen LogP contribution in [0.2, 0.25) is 0 Å². The highest BCUT2D eigenvalue weighted by molar-refractivity contribution is 6.07. The number of likely N-dealkylation sites (tertiary alicyclic amines) is 1. The van der Waals surface area contributed by atoms with Crippen LogP contribution in [0.4, 0.5) is 4.79 Å². The molecule has 2 aliphatic heterocycles. The van der Waals surface area contributed by atoms with E-state index in [-0.39, 0.29) is 23.8 Å². The Morgan fingerprint density at radius 1 is 1.18 bits per heavy atom. The van der Waals surface area contributed by atoms with Gasteiger partial charge in [0.25, 0.3) is 5.91 Å². The number of urea groups is 1. The molecular formula is C21H27N3O4. The molecule has 2 saturated heterocycles. The highest BCUT2D eigenvalue weighted by Gasteiger charge is 2.52. The zero-order valence-corrected chi connectivity index (χ0v) is 16.3. The second-order valence-corrected chi connectivity index (χ2v) is 8.18. The van der Waals surface area contributed by atoms with Crippen LogP contribution in [0.5, 0.6) is 5.75 Å². The number of ether oxygens (including phenoxy) is 1. The van der Waals surface area contributed by atoms with Crippen LogP contribution in [0.25, 0.3) is 0 Å². The maximum absolute atomic E-state index is 12.9. The minimum absolute atomic E-state index is 0.0217. The van der Waals surface area contributed by atoms with Gasteiger partial charge in [-0.3, -0.25) is 14.5 Å². The number of benzene rings is 1. The number of rotatable bonds is 5. The van der Waals surface area contributed by atoms with Gasteiger partial charge in [0.05, 0.1) is 7.11 Å². The molecule has 1 N–H and O–H groups in total. The first-order chi connectivity index (χ1) is 13.5. The third-order valence-corrected chi connectivity index (χ3v) is 6.20. The molecule has 0 bridgehead atoms. The van der Waals surface area contributed by atoms with E-state index in [1.54, 1.807) is 12.0 Å². The number of nitrogens with one attached hydrogen (secondary N) is 1. The summed E-state index contributed by atoms with van der Waals surface area (Å²) < 4.78 is 5.24. The van der Waals surface area contributed by atoms with Crippen LogP contribution in [0.1, 0.15) is 44.1 Å². The minimum Gasteiger partial charge on any atom is -0.497 e. The molecule has 1 atom stereocenters. The van der Waals surface area contributed by atoms with Crippen molar-refractivity contribution in [3.05, 3.63) is 29.8 Å². The van der Waals surface area contributed by atoms with E-state index in [2.05, 4.69) is 5.32 Å². The quantitative estimate of drug-likeness (QED) is 0.789. The van der Waals surface area contributed by atoms with Crippen molar-refractivity contribution in [3.8, 4) is 5.75 Å². The minimum atomic E-state index is -0.696. The Labute approximate surface area is 165 Å². The number of hydrogen-bond acceptors (Lipinski definition) is 4. The lowest BCUT2D eigenvalue weighted by Crippen LogP contribution is -2.48. The molecule has 7 nitrogen and oxygen atoms in total. The van der Waals surface area contributed by atoms with Crippen molar-refractivity contribution in [1.29, 1.82) is 0 Å². The standard InChI is InChI=1S/C21H27N3O4/c1-28-17-7-5-6-15(10-17)12-23-13-16(11-18(23)25)14-24-19(26)21(22-20(24)27)8-3-2-4-9-21/h5-7,10,16H,2-4,8-9,11-14H2,1H3,(H,22,27). The smallest absolute Gasteiger partial charge is 0.325 e. The van der Waals surface area contributed by atoms with E-state index in [0.29, 0.717) is 26.1 Å². The maximum atomic E-state index is 12.9. The number of hydrogen-bond donors (Lipinski definition) is 1. The highest BCUT2D eigenvalue weighted by atomic mass is 16.5. The second-order valence-electron chi connectivity index (χ2n) is 8.18. The summed E-state index contributed by atoms with van der Waals surface area (Å²) >= 11 is 0. The molecule has 150 valence electrons. The molecule has 4 rings (SSSR count). The molecule has 7 heteroatoms. The van der Waals surface area contributed by atoms with Crippen molar-refractivity contribution >= 4 is 17.8 Å². The Hall–Kier alpha value is -2.57. The lowest BCUT2D eigenvalue weighted by molar-refractivity contribution is -0.133. The largest absolute Gasteiger partial charge is 0.497 e. The summed E-state index contributed by atoms with van der Waals surface area (Å²) in [4.78, 5) is 41.0. The molecule has 1 aromatic rings. The Morgan fingerprint density at radius 2 is 1.96 bits per heavy atom. The Kier molecular flexibility index (Phi) is 5.00. The van der Waals surface area contributed by atoms with E-state index >= 15 is 0 Å². The lowest BCUT2D eigenvalue weighted by atomic mass is 9.81. The fourth-order valence-corrected chi connectivity index (χ4v) is 4.71. The van der Waals surface area contributed by atoms with Crippen molar-refractivity contribution in [1.82, 2.24) is 15.1 Å². The van der Waals surface area contributed by atoms with Crippen molar-refractivity contribution in [3.63, 3.8) is 0 Å². The molecule has 0 radical (unpaired) electrons. The summed E-state index contributed by atoms with van der Waals surface area (Å²) in [6, 6.07) is 7.36. The number of carbonyl (C=O) groups is 3. The van der Waals surface area contributed by atoms with E-state index in [0.717, 1.165) is 43.4 Å². The van der Waals surface area contributed by atoms with Gasteiger partial charge in [-0.25, -0.2) is 4.79 Å². The normalized spacial score (nSPS) is 24.2. The van der Waals surface area contributed by atoms with Gasteiger partial charge in [-0.15, -0.1) is 0 Å². The van der Waals surface area contributed by atoms with E-state index in [1.165, 1.54) is 4.90 Å². The van der Waals surface area contributed by atoms with Crippen molar-refractivity contribution < 1.29 is 19.1 Å². The van der Waals surface area contributed by atoms with Gasteiger partial charge in [-0.05, 0) is 30.5 Å². The SMILES string of the molecule is COc1cccc(CN2CC(CN3C(=O)NC4(CCCCC4)C3=O)CC2=O)c1. The summed E-state index contributed by atoms with van der Waals surface area (Å²) in [6.07, 6.45) is 4.86. The fraction of sp³-hybridized carbons (Fsp3) is 0.571. The molecule has 28 heavy (non-hydrogen) atoms. The first kappa shape index (κ1) is 18.8. The number of nitrogens with zero attached hydrogens (tertiary/aromatic N) is 2.